The minimum absolute atomic E-state index is 0.00979. The largest absolute Gasteiger partial charge is 0.359 e. The Labute approximate surface area is 96.5 Å². The number of H-pyrrole nitrogens is 1. The van der Waals surface area contributed by atoms with Crippen molar-refractivity contribution in [2.24, 2.45) is 0 Å². The van der Waals surface area contributed by atoms with Crippen LogP contribution in [-0.4, -0.2) is 10.8 Å². The van der Waals surface area contributed by atoms with Gasteiger partial charge in [0.15, 0.2) is 0 Å². The zero-order valence-electron chi connectivity index (χ0n) is 8.25. The number of carbonyl (C=O) groups is 1. The SMILES string of the molecule is Cc1cccc(C(=O)c2ccc[nH]2)c1Br. The molecule has 0 aliphatic carbocycles. The number of nitrogens with one attached hydrogen (secondary N) is 1. The van der Waals surface area contributed by atoms with Gasteiger partial charge in [0.25, 0.3) is 0 Å². The average Bonchev–Trinajstić information content (AvgIpc) is 2.74. The maximum Gasteiger partial charge on any atom is 0.210 e. The van der Waals surface area contributed by atoms with E-state index in [1.165, 1.54) is 0 Å². The molecule has 0 radical (unpaired) electrons. The molecule has 76 valence electrons. The summed E-state index contributed by atoms with van der Waals surface area (Å²) in [4.78, 5) is 14.9. The molecule has 2 nitrogen and oxygen atoms in total. The molecule has 0 aliphatic heterocycles. The first kappa shape index (κ1) is 10.2. The lowest BCUT2D eigenvalue weighted by Gasteiger charge is -2.04. The number of halogens is 1. The molecule has 0 unspecified atom stereocenters. The summed E-state index contributed by atoms with van der Waals surface area (Å²) < 4.78 is 0.865. The highest BCUT2D eigenvalue weighted by atomic mass is 79.9. The summed E-state index contributed by atoms with van der Waals surface area (Å²) in [5.74, 6) is 0.00979. The summed E-state index contributed by atoms with van der Waals surface area (Å²) in [6.45, 7) is 1.97. The summed E-state index contributed by atoms with van der Waals surface area (Å²) in [5, 5.41) is 0. The molecule has 1 aromatic heterocycles. The number of aromatic amines is 1. The predicted octanol–water partition coefficient (Wildman–Crippen LogP) is 3.32. The molecule has 0 spiro atoms. The number of carbonyl (C=O) groups excluding carboxylic acids is 1. The Kier molecular flexibility index (Phi) is 2.73. The molecule has 0 bridgehead atoms. The van der Waals surface area contributed by atoms with Crippen molar-refractivity contribution in [1.82, 2.24) is 4.98 Å². The van der Waals surface area contributed by atoms with Crippen molar-refractivity contribution in [3.05, 3.63) is 57.8 Å². The van der Waals surface area contributed by atoms with Gasteiger partial charge in [-0.3, -0.25) is 4.79 Å². The Balaban J connectivity index is 2.47. The van der Waals surface area contributed by atoms with E-state index in [9.17, 15) is 4.79 Å². The Hall–Kier alpha value is -1.35. The summed E-state index contributed by atoms with van der Waals surface area (Å²) in [5.41, 5.74) is 2.37. The highest BCUT2D eigenvalue weighted by Gasteiger charge is 2.13. The lowest BCUT2D eigenvalue weighted by atomic mass is 10.1. The molecule has 15 heavy (non-hydrogen) atoms. The first-order valence-corrected chi connectivity index (χ1v) is 5.42. The van der Waals surface area contributed by atoms with E-state index in [1.807, 2.05) is 31.2 Å². The second-order valence-corrected chi connectivity index (χ2v) is 4.14. The summed E-state index contributed by atoms with van der Waals surface area (Å²) in [6.07, 6.45) is 1.75. The Morgan fingerprint density at radius 3 is 2.73 bits per heavy atom. The second-order valence-electron chi connectivity index (χ2n) is 3.35. The zero-order chi connectivity index (χ0) is 10.8. The lowest BCUT2D eigenvalue weighted by Crippen LogP contribution is -2.03. The van der Waals surface area contributed by atoms with Crippen molar-refractivity contribution in [3.63, 3.8) is 0 Å². The fourth-order valence-electron chi connectivity index (χ4n) is 1.44. The molecule has 0 aliphatic rings. The van der Waals surface area contributed by atoms with Crippen LogP contribution in [-0.2, 0) is 0 Å². The quantitative estimate of drug-likeness (QED) is 0.829. The molecular formula is C12H10BrNO. The molecular weight excluding hydrogens is 254 g/mol. The molecule has 1 heterocycles. The van der Waals surface area contributed by atoms with E-state index in [-0.39, 0.29) is 5.78 Å². The van der Waals surface area contributed by atoms with Crippen LogP contribution in [0.1, 0.15) is 21.6 Å². The third kappa shape index (κ3) is 1.88. The first-order chi connectivity index (χ1) is 7.20. The van der Waals surface area contributed by atoms with Crippen molar-refractivity contribution in [2.45, 2.75) is 6.92 Å². The molecule has 2 aromatic rings. The number of aromatic nitrogens is 1. The third-order valence-electron chi connectivity index (χ3n) is 2.28. The van der Waals surface area contributed by atoms with Crippen LogP contribution in [0.15, 0.2) is 41.0 Å². The van der Waals surface area contributed by atoms with E-state index >= 15 is 0 Å². The van der Waals surface area contributed by atoms with Gasteiger partial charge in [0.05, 0.1) is 5.69 Å². The monoisotopic (exact) mass is 263 g/mol. The lowest BCUT2D eigenvalue weighted by molar-refractivity contribution is 0.103. The molecule has 1 aromatic carbocycles. The number of hydrogen-bond donors (Lipinski definition) is 1. The van der Waals surface area contributed by atoms with Gasteiger partial charge in [-0.2, -0.15) is 0 Å². The van der Waals surface area contributed by atoms with Crippen LogP contribution in [0.3, 0.4) is 0 Å². The normalized spacial score (nSPS) is 10.3. The molecule has 2 rings (SSSR count). The van der Waals surface area contributed by atoms with Crippen molar-refractivity contribution in [1.29, 1.82) is 0 Å². The minimum Gasteiger partial charge on any atom is -0.359 e. The number of hydrogen-bond acceptors (Lipinski definition) is 1. The average molecular weight is 264 g/mol. The van der Waals surface area contributed by atoms with Gasteiger partial charge in [0.1, 0.15) is 0 Å². The molecule has 0 fully saturated rings. The van der Waals surface area contributed by atoms with Crippen LogP contribution in [0.5, 0.6) is 0 Å². The minimum atomic E-state index is 0.00979. The summed E-state index contributed by atoms with van der Waals surface area (Å²) in [6, 6.07) is 9.26. The van der Waals surface area contributed by atoms with Crippen LogP contribution < -0.4 is 0 Å². The van der Waals surface area contributed by atoms with E-state index in [0.717, 1.165) is 10.0 Å². The van der Waals surface area contributed by atoms with Crippen molar-refractivity contribution in [3.8, 4) is 0 Å². The van der Waals surface area contributed by atoms with Gasteiger partial charge in [-0.15, -0.1) is 0 Å². The fraction of sp³-hybridized carbons (Fsp3) is 0.0833. The van der Waals surface area contributed by atoms with Gasteiger partial charge in [-0.05, 0) is 46.6 Å². The van der Waals surface area contributed by atoms with Crippen LogP contribution in [0.25, 0.3) is 0 Å². The molecule has 3 heteroatoms. The molecule has 0 atom stereocenters. The van der Waals surface area contributed by atoms with E-state index in [4.69, 9.17) is 0 Å². The number of ketones is 1. The van der Waals surface area contributed by atoms with Crippen molar-refractivity contribution in [2.75, 3.05) is 0 Å². The zero-order valence-corrected chi connectivity index (χ0v) is 9.84. The van der Waals surface area contributed by atoms with Gasteiger partial charge in [-0.25, -0.2) is 0 Å². The molecule has 0 amide bonds. The van der Waals surface area contributed by atoms with Gasteiger partial charge < -0.3 is 4.98 Å². The van der Waals surface area contributed by atoms with E-state index < -0.39 is 0 Å². The third-order valence-corrected chi connectivity index (χ3v) is 3.33. The fourth-order valence-corrected chi connectivity index (χ4v) is 1.88. The van der Waals surface area contributed by atoms with E-state index in [2.05, 4.69) is 20.9 Å². The number of aryl methyl sites for hydroxylation is 1. The molecule has 1 N–H and O–H groups in total. The van der Waals surface area contributed by atoms with Crippen LogP contribution in [0.4, 0.5) is 0 Å². The maximum absolute atomic E-state index is 12.0. The second kappa shape index (κ2) is 4.03. The molecule has 0 saturated carbocycles. The van der Waals surface area contributed by atoms with Gasteiger partial charge in [0, 0.05) is 16.2 Å². The predicted molar refractivity (Wildman–Crippen MR) is 63.1 cm³/mol. The summed E-state index contributed by atoms with van der Waals surface area (Å²) >= 11 is 3.43. The highest BCUT2D eigenvalue weighted by Crippen LogP contribution is 2.23. The smallest absolute Gasteiger partial charge is 0.210 e. The Morgan fingerprint density at radius 2 is 2.07 bits per heavy atom. The van der Waals surface area contributed by atoms with Gasteiger partial charge in [0.2, 0.25) is 5.78 Å². The molecule has 0 saturated heterocycles. The Bertz CT molecular complexity index is 488. The van der Waals surface area contributed by atoms with Gasteiger partial charge in [-0.1, -0.05) is 12.1 Å². The Morgan fingerprint density at radius 1 is 1.27 bits per heavy atom. The standard InChI is InChI=1S/C12H10BrNO/c1-8-4-2-5-9(11(8)13)12(15)10-6-3-7-14-10/h2-7,14H,1H3. The van der Waals surface area contributed by atoms with Crippen LogP contribution in [0, 0.1) is 6.92 Å². The first-order valence-electron chi connectivity index (χ1n) is 4.63. The summed E-state index contributed by atoms with van der Waals surface area (Å²) in [7, 11) is 0. The van der Waals surface area contributed by atoms with Crippen molar-refractivity contribution >= 4 is 21.7 Å². The van der Waals surface area contributed by atoms with Crippen LogP contribution >= 0.6 is 15.9 Å². The van der Waals surface area contributed by atoms with Gasteiger partial charge >= 0.3 is 0 Å². The number of rotatable bonds is 2. The van der Waals surface area contributed by atoms with E-state index in [1.54, 1.807) is 12.3 Å². The van der Waals surface area contributed by atoms with Crippen molar-refractivity contribution < 1.29 is 4.79 Å². The van der Waals surface area contributed by atoms with Crippen LogP contribution in [0.2, 0.25) is 0 Å². The maximum atomic E-state index is 12.0. The van der Waals surface area contributed by atoms with E-state index in [0.29, 0.717) is 11.3 Å². The number of benzene rings is 1. The highest BCUT2D eigenvalue weighted by molar-refractivity contribution is 9.10. The topological polar surface area (TPSA) is 32.9 Å².